The molecule has 0 atom stereocenters. The molecule has 1 aromatic rings. The number of ketones is 1. The van der Waals surface area contributed by atoms with Crippen molar-refractivity contribution in [3.05, 3.63) is 35.4 Å². The number of carbonyl (C=O) groups is 2. The molecule has 0 unspecified atom stereocenters. The number of likely N-dealkylation sites (tertiary alicyclic amines) is 1. The molecule has 1 fully saturated rings. The minimum atomic E-state index is 0.177. The second-order valence-electron chi connectivity index (χ2n) is 6.14. The van der Waals surface area contributed by atoms with Crippen molar-refractivity contribution in [3.63, 3.8) is 0 Å². The van der Waals surface area contributed by atoms with Crippen LogP contribution in [-0.4, -0.2) is 29.7 Å². The van der Waals surface area contributed by atoms with Gasteiger partial charge in [0, 0.05) is 31.8 Å². The minimum Gasteiger partial charge on any atom is -0.343 e. The Morgan fingerprint density at radius 3 is 2.18 bits per heavy atom. The first kappa shape index (κ1) is 16.7. The monoisotopic (exact) mass is 301 g/mol. The van der Waals surface area contributed by atoms with E-state index in [1.807, 2.05) is 11.8 Å². The second-order valence-corrected chi connectivity index (χ2v) is 6.14. The molecule has 0 radical (unpaired) electrons. The third kappa shape index (κ3) is 4.43. The van der Waals surface area contributed by atoms with Crippen LogP contribution < -0.4 is 0 Å². The van der Waals surface area contributed by atoms with Crippen LogP contribution in [0.25, 0.3) is 0 Å². The molecule has 22 heavy (non-hydrogen) atoms. The molecule has 0 aliphatic carbocycles. The summed E-state index contributed by atoms with van der Waals surface area (Å²) in [5.41, 5.74) is 2.55. The summed E-state index contributed by atoms with van der Waals surface area (Å²) in [5, 5.41) is 0. The Kier molecular flexibility index (Phi) is 6.17. The maximum atomic E-state index is 12.3. The van der Waals surface area contributed by atoms with E-state index in [9.17, 15) is 9.59 Å². The molecule has 0 spiro atoms. The first-order valence-electron chi connectivity index (χ1n) is 8.52. The molecule has 0 aromatic heterocycles. The molecule has 3 nitrogen and oxygen atoms in total. The average molecular weight is 301 g/mol. The zero-order chi connectivity index (χ0) is 15.9. The molecule has 0 N–H and O–H groups in total. The summed E-state index contributed by atoms with van der Waals surface area (Å²) in [7, 11) is 0. The topological polar surface area (TPSA) is 37.4 Å². The van der Waals surface area contributed by atoms with Gasteiger partial charge in [-0.1, -0.05) is 38.1 Å². The van der Waals surface area contributed by atoms with Gasteiger partial charge in [-0.05, 0) is 36.8 Å². The van der Waals surface area contributed by atoms with Crippen molar-refractivity contribution in [2.45, 2.75) is 52.4 Å². The van der Waals surface area contributed by atoms with Crippen LogP contribution in [0.5, 0.6) is 0 Å². The van der Waals surface area contributed by atoms with Crippen molar-refractivity contribution in [2.24, 2.45) is 5.92 Å². The number of aryl methyl sites for hydroxylation is 2. The fourth-order valence-corrected chi connectivity index (χ4v) is 3.09. The summed E-state index contributed by atoms with van der Waals surface area (Å²) in [4.78, 5) is 25.9. The molecule has 1 saturated heterocycles. The van der Waals surface area contributed by atoms with Gasteiger partial charge in [0.2, 0.25) is 5.91 Å². The predicted molar refractivity (Wildman–Crippen MR) is 88.7 cm³/mol. The van der Waals surface area contributed by atoms with Gasteiger partial charge in [0.15, 0.2) is 0 Å². The van der Waals surface area contributed by atoms with Crippen LogP contribution in [0, 0.1) is 5.92 Å². The van der Waals surface area contributed by atoms with E-state index in [-0.39, 0.29) is 11.8 Å². The molecule has 1 aliphatic rings. The number of benzene rings is 1. The molecule has 1 aromatic carbocycles. The molecule has 1 heterocycles. The lowest BCUT2D eigenvalue weighted by atomic mass is 9.91. The van der Waals surface area contributed by atoms with E-state index in [1.165, 1.54) is 11.1 Å². The first-order chi connectivity index (χ1) is 10.6. The number of amides is 1. The highest BCUT2D eigenvalue weighted by atomic mass is 16.2. The van der Waals surface area contributed by atoms with Gasteiger partial charge in [-0.3, -0.25) is 9.59 Å². The van der Waals surface area contributed by atoms with Crippen LogP contribution in [0.4, 0.5) is 0 Å². The lowest BCUT2D eigenvalue weighted by Gasteiger charge is -2.31. The lowest BCUT2D eigenvalue weighted by Crippen LogP contribution is -2.40. The highest BCUT2D eigenvalue weighted by Gasteiger charge is 2.25. The zero-order valence-electron chi connectivity index (χ0n) is 13.8. The Hall–Kier alpha value is -1.64. The van der Waals surface area contributed by atoms with Crippen molar-refractivity contribution in [1.82, 2.24) is 4.90 Å². The summed E-state index contributed by atoms with van der Waals surface area (Å²) in [6.45, 7) is 5.54. The SMILES string of the molecule is CCC(=O)C1CCN(C(=O)CCc2ccc(CC)cc2)CC1. The normalized spacial score (nSPS) is 15.8. The van der Waals surface area contributed by atoms with Gasteiger partial charge < -0.3 is 4.90 Å². The standard InChI is InChI=1S/C19H27NO2/c1-3-15-5-7-16(8-6-15)9-10-19(22)20-13-11-17(12-14-20)18(21)4-2/h5-8,17H,3-4,9-14H2,1-2H3. The Morgan fingerprint density at radius 1 is 1.05 bits per heavy atom. The van der Waals surface area contributed by atoms with Crippen LogP contribution in [0.3, 0.4) is 0 Å². The average Bonchev–Trinajstić information content (AvgIpc) is 2.59. The summed E-state index contributed by atoms with van der Waals surface area (Å²) < 4.78 is 0. The molecular formula is C19H27NO2. The largest absolute Gasteiger partial charge is 0.343 e. The van der Waals surface area contributed by atoms with Gasteiger partial charge in [0.05, 0.1) is 0 Å². The van der Waals surface area contributed by atoms with Crippen molar-refractivity contribution in [3.8, 4) is 0 Å². The first-order valence-corrected chi connectivity index (χ1v) is 8.52. The van der Waals surface area contributed by atoms with E-state index in [0.717, 1.165) is 38.8 Å². The Bertz CT molecular complexity index is 499. The maximum absolute atomic E-state index is 12.3. The number of carbonyl (C=O) groups excluding carboxylic acids is 2. The fraction of sp³-hybridized carbons (Fsp3) is 0.579. The van der Waals surface area contributed by atoms with E-state index in [4.69, 9.17) is 0 Å². The summed E-state index contributed by atoms with van der Waals surface area (Å²) in [5.74, 6) is 0.751. The maximum Gasteiger partial charge on any atom is 0.222 e. The molecule has 0 saturated carbocycles. The van der Waals surface area contributed by atoms with Gasteiger partial charge in [0.25, 0.3) is 0 Å². The van der Waals surface area contributed by atoms with Gasteiger partial charge in [0.1, 0.15) is 5.78 Å². The number of hydrogen-bond acceptors (Lipinski definition) is 2. The molecule has 120 valence electrons. The van der Waals surface area contributed by atoms with Crippen molar-refractivity contribution >= 4 is 11.7 Å². The molecule has 1 aliphatic heterocycles. The minimum absolute atomic E-state index is 0.177. The number of nitrogens with zero attached hydrogens (tertiary/aromatic N) is 1. The van der Waals surface area contributed by atoms with Crippen molar-refractivity contribution < 1.29 is 9.59 Å². The summed E-state index contributed by atoms with van der Waals surface area (Å²) in [6.07, 6.45) is 4.71. The Labute approximate surface area is 133 Å². The molecule has 3 heteroatoms. The third-order valence-corrected chi connectivity index (χ3v) is 4.71. The number of piperidine rings is 1. The van der Waals surface area contributed by atoms with Crippen LogP contribution >= 0.6 is 0 Å². The highest BCUT2D eigenvalue weighted by Crippen LogP contribution is 2.20. The Balaban J connectivity index is 1.77. The van der Waals surface area contributed by atoms with Gasteiger partial charge in [-0.25, -0.2) is 0 Å². The third-order valence-electron chi connectivity index (χ3n) is 4.71. The van der Waals surface area contributed by atoms with Crippen molar-refractivity contribution in [2.75, 3.05) is 13.1 Å². The second kappa shape index (κ2) is 8.11. The highest BCUT2D eigenvalue weighted by molar-refractivity contribution is 5.81. The van der Waals surface area contributed by atoms with E-state index in [0.29, 0.717) is 18.6 Å². The van der Waals surface area contributed by atoms with Crippen LogP contribution in [0.2, 0.25) is 0 Å². The zero-order valence-corrected chi connectivity index (χ0v) is 13.8. The van der Waals surface area contributed by atoms with E-state index < -0.39 is 0 Å². The van der Waals surface area contributed by atoms with Gasteiger partial charge >= 0.3 is 0 Å². The van der Waals surface area contributed by atoms with Gasteiger partial charge in [-0.2, -0.15) is 0 Å². The van der Waals surface area contributed by atoms with E-state index >= 15 is 0 Å². The fourth-order valence-electron chi connectivity index (χ4n) is 3.09. The summed E-state index contributed by atoms with van der Waals surface area (Å²) in [6, 6.07) is 8.53. The van der Waals surface area contributed by atoms with Crippen LogP contribution in [0.1, 0.15) is 50.7 Å². The number of Topliss-reactive ketones (excluding diaryl/α,β-unsaturated/α-hetero) is 1. The van der Waals surface area contributed by atoms with Crippen LogP contribution in [-0.2, 0) is 22.4 Å². The number of hydrogen-bond donors (Lipinski definition) is 0. The molecule has 1 amide bonds. The summed E-state index contributed by atoms with van der Waals surface area (Å²) >= 11 is 0. The lowest BCUT2D eigenvalue weighted by molar-refractivity contribution is -0.135. The number of rotatable bonds is 6. The smallest absolute Gasteiger partial charge is 0.222 e. The van der Waals surface area contributed by atoms with Crippen LogP contribution in [0.15, 0.2) is 24.3 Å². The Morgan fingerprint density at radius 2 is 1.64 bits per heavy atom. The van der Waals surface area contributed by atoms with E-state index in [2.05, 4.69) is 31.2 Å². The molecular weight excluding hydrogens is 274 g/mol. The van der Waals surface area contributed by atoms with Gasteiger partial charge in [-0.15, -0.1) is 0 Å². The quantitative estimate of drug-likeness (QED) is 0.807. The van der Waals surface area contributed by atoms with E-state index in [1.54, 1.807) is 0 Å². The molecule has 0 bridgehead atoms. The molecule has 2 rings (SSSR count). The predicted octanol–water partition coefficient (Wildman–Crippen LogP) is 3.40. The van der Waals surface area contributed by atoms with Crippen molar-refractivity contribution in [1.29, 1.82) is 0 Å².